The maximum atomic E-state index is 14.3. The molecule has 2 aromatic carbocycles. The number of carboxylic acid groups (broad SMARTS) is 1. The Balaban J connectivity index is 1.81. The number of sulfonamides is 1. The third-order valence-corrected chi connectivity index (χ3v) is 7.47. The predicted molar refractivity (Wildman–Crippen MR) is 117 cm³/mol. The van der Waals surface area contributed by atoms with Gasteiger partial charge in [0.2, 0.25) is 0 Å². The predicted octanol–water partition coefficient (Wildman–Crippen LogP) is 4.52. The molecule has 0 spiro atoms. The van der Waals surface area contributed by atoms with Crippen LogP contribution in [-0.4, -0.2) is 30.9 Å². The zero-order chi connectivity index (χ0) is 24.6. The first-order chi connectivity index (χ1) is 16.2. The van der Waals surface area contributed by atoms with Gasteiger partial charge in [-0.2, -0.15) is 5.26 Å². The SMILES string of the molecule is CCC1c2ccc(C#N)n2-c2cc(F)c(F)cc2N1S(=O)(=O)c1ccc(CCOC(=O)O)cc1. The molecule has 1 atom stereocenters. The topological polar surface area (TPSA) is 113 Å². The molecule has 1 N–H and O–H groups in total. The van der Waals surface area contributed by atoms with E-state index in [1.807, 2.05) is 6.07 Å². The van der Waals surface area contributed by atoms with Crippen molar-refractivity contribution in [3.8, 4) is 11.8 Å². The smallest absolute Gasteiger partial charge is 0.450 e. The molecule has 4 rings (SSSR count). The lowest BCUT2D eigenvalue weighted by molar-refractivity contribution is 0.0927. The molecule has 1 aliphatic rings. The summed E-state index contributed by atoms with van der Waals surface area (Å²) in [7, 11) is -4.23. The van der Waals surface area contributed by atoms with Crippen molar-refractivity contribution >= 4 is 21.9 Å². The van der Waals surface area contributed by atoms with Gasteiger partial charge in [0.05, 0.1) is 28.9 Å². The van der Waals surface area contributed by atoms with Crippen LogP contribution >= 0.6 is 0 Å². The molecule has 11 heteroatoms. The molecule has 176 valence electrons. The summed E-state index contributed by atoms with van der Waals surface area (Å²) in [6.45, 7) is 1.68. The van der Waals surface area contributed by atoms with Crippen molar-refractivity contribution < 1.29 is 31.8 Å². The third-order valence-electron chi connectivity index (χ3n) is 5.63. The molecule has 8 nitrogen and oxygen atoms in total. The third kappa shape index (κ3) is 3.86. The van der Waals surface area contributed by atoms with Gasteiger partial charge in [-0.05, 0) is 36.2 Å². The molecule has 1 aliphatic heterocycles. The highest BCUT2D eigenvalue weighted by Gasteiger charge is 2.40. The molecule has 0 saturated carbocycles. The number of halogens is 2. The Labute approximate surface area is 194 Å². The molecule has 0 saturated heterocycles. The van der Waals surface area contributed by atoms with Crippen LogP contribution < -0.4 is 4.31 Å². The van der Waals surface area contributed by atoms with Crippen molar-refractivity contribution in [2.75, 3.05) is 10.9 Å². The summed E-state index contributed by atoms with van der Waals surface area (Å²) in [5.41, 5.74) is 1.26. The first kappa shape index (κ1) is 23.3. The second-order valence-corrected chi connectivity index (χ2v) is 9.39. The van der Waals surface area contributed by atoms with Gasteiger partial charge >= 0.3 is 6.16 Å². The van der Waals surface area contributed by atoms with Crippen molar-refractivity contribution in [2.45, 2.75) is 30.7 Å². The lowest BCUT2D eigenvalue weighted by Crippen LogP contribution is -2.39. The summed E-state index contributed by atoms with van der Waals surface area (Å²) in [4.78, 5) is 10.4. The molecule has 0 radical (unpaired) electrons. The molecule has 0 bridgehead atoms. The summed E-state index contributed by atoms with van der Waals surface area (Å²) in [5.74, 6) is -2.38. The van der Waals surface area contributed by atoms with E-state index >= 15 is 0 Å². The van der Waals surface area contributed by atoms with E-state index in [0.717, 1.165) is 16.4 Å². The second kappa shape index (κ2) is 8.79. The van der Waals surface area contributed by atoms with E-state index in [9.17, 15) is 27.3 Å². The number of benzene rings is 2. The minimum Gasteiger partial charge on any atom is -0.450 e. The van der Waals surface area contributed by atoms with Gasteiger partial charge in [0.15, 0.2) is 11.6 Å². The van der Waals surface area contributed by atoms with Crippen LogP contribution in [-0.2, 0) is 21.2 Å². The lowest BCUT2D eigenvalue weighted by Gasteiger charge is -2.38. The van der Waals surface area contributed by atoms with Gasteiger partial charge in [0.1, 0.15) is 11.8 Å². The summed E-state index contributed by atoms with van der Waals surface area (Å²) in [6, 6.07) is 11.9. The fourth-order valence-electron chi connectivity index (χ4n) is 4.11. The molecule has 0 amide bonds. The Hall–Kier alpha value is -3.91. The van der Waals surface area contributed by atoms with Crippen LogP contribution in [0.1, 0.15) is 36.3 Å². The number of ether oxygens (including phenoxy) is 1. The normalized spacial score (nSPS) is 14.8. The van der Waals surface area contributed by atoms with E-state index in [1.165, 1.54) is 34.9 Å². The number of rotatable bonds is 6. The van der Waals surface area contributed by atoms with Crippen LogP contribution in [0.4, 0.5) is 19.3 Å². The van der Waals surface area contributed by atoms with Crippen LogP contribution in [0.15, 0.2) is 53.4 Å². The van der Waals surface area contributed by atoms with Gasteiger partial charge < -0.3 is 14.4 Å². The van der Waals surface area contributed by atoms with Gasteiger partial charge in [-0.25, -0.2) is 22.0 Å². The fourth-order valence-corrected chi connectivity index (χ4v) is 5.81. The first-order valence-corrected chi connectivity index (χ1v) is 11.7. The first-order valence-electron chi connectivity index (χ1n) is 10.3. The van der Waals surface area contributed by atoms with E-state index in [2.05, 4.69) is 4.74 Å². The van der Waals surface area contributed by atoms with Crippen LogP contribution in [0, 0.1) is 23.0 Å². The zero-order valence-corrected chi connectivity index (χ0v) is 18.7. The van der Waals surface area contributed by atoms with Gasteiger partial charge in [0.25, 0.3) is 10.0 Å². The molecular weight excluding hydrogens is 468 g/mol. The molecule has 2 heterocycles. The highest BCUT2D eigenvalue weighted by molar-refractivity contribution is 7.92. The van der Waals surface area contributed by atoms with E-state index in [0.29, 0.717) is 17.7 Å². The van der Waals surface area contributed by atoms with Crippen LogP contribution in [0.5, 0.6) is 0 Å². The second-order valence-electron chi connectivity index (χ2n) is 7.58. The number of hydrogen-bond acceptors (Lipinski definition) is 5. The van der Waals surface area contributed by atoms with E-state index < -0.39 is 33.9 Å². The summed E-state index contributed by atoms with van der Waals surface area (Å²) in [6.07, 6.45) is -0.843. The van der Waals surface area contributed by atoms with E-state index in [4.69, 9.17) is 5.11 Å². The number of carbonyl (C=O) groups is 1. The Kier molecular flexibility index (Phi) is 6.01. The standard InChI is InChI=1S/C23H19F2N3O5S/c1-2-19-20-8-5-15(13-26)27(20)21-11-17(24)18(25)12-22(21)28(19)34(31,32)16-6-3-14(4-7-16)9-10-33-23(29)30/h3-8,11-12,19H,2,9-10H2,1H3,(H,29,30). The minimum absolute atomic E-state index is 0.0474. The minimum atomic E-state index is -4.23. The quantitative estimate of drug-likeness (QED) is 0.512. The summed E-state index contributed by atoms with van der Waals surface area (Å²) >= 11 is 0. The molecule has 1 aromatic heterocycles. The number of nitrogens with zero attached hydrogens (tertiary/aromatic N) is 3. The summed E-state index contributed by atoms with van der Waals surface area (Å²) < 4.78 is 62.9. The zero-order valence-electron chi connectivity index (χ0n) is 17.9. The lowest BCUT2D eigenvalue weighted by atomic mass is 10.1. The Morgan fingerprint density at radius 3 is 2.35 bits per heavy atom. The average molecular weight is 487 g/mol. The van der Waals surface area contributed by atoms with Crippen molar-refractivity contribution in [3.63, 3.8) is 0 Å². The van der Waals surface area contributed by atoms with E-state index in [1.54, 1.807) is 13.0 Å². The number of fused-ring (bicyclic) bond motifs is 3. The van der Waals surface area contributed by atoms with E-state index in [-0.39, 0.29) is 35.0 Å². The fraction of sp³-hybridized carbons (Fsp3) is 0.217. The van der Waals surface area contributed by atoms with Gasteiger partial charge in [-0.3, -0.25) is 4.31 Å². The van der Waals surface area contributed by atoms with Gasteiger partial charge in [-0.1, -0.05) is 19.1 Å². The number of hydrogen-bond donors (Lipinski definition) is 1. The molecule has 0 fully saturated rings. The Morgan fingerprint density at radius 1 is 1.12 bits per heavy atom. The highest BCUT2D eigenvalue weighted by Crippen LogP contribution is 2.45. The van der Waals surface area contributed by atoms with Crippen LogP contribution in [0.25, 0.3) is 5.69 Å². The number of aromatic nitrogens is 1. The Morgan fingerprint density at radius 2 is 1.76 bits per heavy atom. The molecule has 1 unspecified atom stereocenters. The largest absolute Gasteiger partial charge is 0.505 e. The van der Waals surface area contributed by atoms with Gasteiger partial charge in [0, 0.05) is 24.2 Å². The van der Waals surface area contributed by atoms with Crippen LogP contribution in [0.2, 0.25) is 0 Å². The van der Waals surface area contributed by atoms with Crippen molar-refractivity contribution in [1.29, 1.82) is 5.26 Å². The molecule has 3 aromatic rings. The maximum Gasteiger partial charge on any atom is 0.505 e. The molecule has 0 aliphatic carbocycles. The van der Waals surface area contributed by atoms with Crippen molar-refractivity contribution in [1.82, 2.24) is 4.57 Å². The van der Waals surface area contributed by atoms with Crippen molar-refractivity contribution in [2.24, 2.45) is 0 Å². The number of nitriles is 1. The number of anilines is 1. The molecular formula is C23H19F2N3O5S. The average Bonchev–Trinajstić information content (AvgIpc) is 3.23. The van der Waals surface area contributed by atoms with Crippen molar-refractivity contribution in [3.05, 3.63) is 77.1 Å². The maximum absolute atomic E-state index is 14.3. The van der Waals surface area contributed by atoms with Gasteiger partial charge in [-0.15, -0.1) is 0 Å². The highest BCUT2D eigenvalue weighted by atomic mass is 32.2. The Bertz CT molecular complexity index is 1410. The summed E-state index contributed by atoms with van der Waals surface area (Å²) in [5, 5.41) is 18.1. The monoisotopic (exact) mass is 487 g/mol. The molecule has 34 heavy (non-hydrogen) atoms. The van der Waals surface area contributed by atoms with Crippen LogP contribution in [0.3, 0.4) is 0 Å².